The number of nitrogens with one attached hydrogen (secondary N) is 3. The van der Waals surface area contributed by atoms with Crippen molar-refractivity contribution in [3.8, 4) is 22.4 Å². The highest BCUT2D eigenvalue weighted by atomic mass is 16.5. The lowest BCUT2D eigenvalue weighted by atomic mass is 9.90. The fourth-order valence-electron chi connectivity index (χ4n) is 10.6. The third-order valence-electron chi connectivity index (χ3n) is 14.0. The number of hydrogen-bond acceptors (Lipinski definition) is 8. The largest absolute Gasteiger partial charge is 0.465 e. The first-order valence-electron chi connectivity index (χ1n) is 21.6. The molecule has 2 aliphatic carbocycles. The molecule has 5 aromatic rings. The van der Waals surface area contributed by atoms with Gasteiger partial charge in [0.2, 0.25) is 11.8 Å². The van der Waals surface area contributed by atoms with E-state index in [1.807, 2.05) is 35.9 Å². The van der Waals surface area contributed by atoms with Gasteiger partial charge in [0.1, 0.15) is 23.7 Å². The molecule has 15 nitrogen and oxygen atoms in total. The molecule has 318 valence electrons. The molecule has 0 unspecified atom stereocenters. The number of likely N-dealkylation sites (tertiary alicyclic amines) is 2. The van der Waals surface area contributed by atoms with Gasteiger partial charge in [0.05, 0.1) is 42.1 Å². The van der Waals surface area contributed by atoms with Gasteiger partial charge in [0.25, 0.3) is 0 Å². The Labute approximate surface area is 353 Å². The smallest absolute Gasteiger partial charge is 0.407 e. The van der Waals surface area contributed by atoms with Gasteiger partial charge in [-0.3, -0.25) is 14.5 Å². The summed E-state index contributed by atoms with van der Waals surface area (Å²) in [7, 11) is 2.79. The molecular formula is C46H52N8O7. The number of hydrogen-bond donors (Lipinski definition) is 4. The number of H-pyrrole nitrogens is 2. The first-order chi connectivity index (χ1) is 29.5. The number of nitrogens with zero attached hydrogens (tertiary/aromatic N) is 5. The average molecular weight is 829 g/mol. The number of amides is 4. The van der Waals surface area contributed by atoms with Crippen LogP contribution in [0.15, 0.2) is 60.8 Å². The lowest BCUT2D eigenvalue weighted by molar-refractivity contribution is -0.140. The van der Waals surface area contributed by atoms with E-state index >= 15 is 0 Å². The van der Waals surface area contributed by atoms with E-state index in [-0.39, 0.29) is 47.8 Å². The number of carboxylic acid groups (broad SMARTS) is 1. The molecule has 2 aromatic heterocycles. The fourth-order valence-corrected chi connectivity index (χ4v) is 10.6. The molecule has 2 saturated carbocycles. The molecule has 0 bridgehead atoms. The monoisotopic (exact) mass is 828 g/mol. The Balaban J connectivity index is 0.863. The van der Waals surface area contributed by atoms with Gasteiger partial charge in [-0.05, 0) is 108 Å². The number of imidazole rings is 2. The van der Waals surface area contributed by atoms with Gasteiger partial charge in [-0.15, -0.1) is 0 Å². The van der Waals surface area contributed by atoms with Crippen LogP contribution < -0.4 is 5.32 Å². The van der Waals surface area contributed by atoms with Crippen molar-refractivity contribution in [1.29, 1.82) is 0 Å². The first-order valence-corrected chi connectivity index (χ1v) is 21.6. The molecule has 5 heterocycles. The molecule has 61 heavy (non-hydrogen) atoms. The summed E-state index contributed by atoms with van der Waals surface area (Å²) in [6, 6.07) is 17.3. The predicted octanol–water partition coefficient (Wildman–Crippen LogP) is 6.88. The second-order valence-corrected chi connectivity index (χ2v) is 18.1. The standard InChI is InChI=1S/C46H52N8O7/c1-23(2)40(52(3)46(58)59)44(56)54-36-19-31(36)21-38(54)42-48-32-10-9-28(17-33(32)49-42)26-5-6-27-16-29(8-7-25(27)15-26)34-22-47-41(50-34)37-20-30-18-35(30)53(37)43(55)39(51-45(57)60-4)24-11-13-61-14-12-24/h5-10,15-17,22-24,30-31,35-40H,11-14,18-21H2,1-4H3,(H,47,50)(H,48,49)(H,51,57)(H,58,59)/t30-,31-,35-,36-,37+,38+,39+,40+/m1/s1. The van der Waals surface area contributed by atoms with Gasteiger partial charge in [0.15, 0.2) is 0 Å². The zero-order valence-electron chi connectivity index (χ0n) is 34.8. The number of aromatic nitrogens is 4. The van der Waals surface area contributed by atoms with Crippen molar-refractivity contribution in [3.05, 3.63) is 72.4 Å². The Morgan fingerprint density at radius 1 is 0.836 bits per heavy atom. The molecule has 8 atom stereocenters. The summed E-state index contributed by atoms with van der Waals surface area (Å²) in [4.78, 5) is 74.3. The zero-order chi connectivity index (χ0) is 42.3. The second kappa shape index (κ2) is 15.2. The van der Waals surface area contributed by atoms with Gasteiger partial charge >= 0.3 is 12.2 Å². The maximum Gasteiger partial charge on any atom is 0.407 e. The van der Waals surface area contributed by atoms with E-state index in [2.05, 4.69) is 63.8 Å². The number of carbonyl (C=O) groups excluding carboxylic acids is 3. The van der Waals surface area contributed by atoms with Crippen molar-refractivity contribution in [2.24, 2.45) is 23.7 Å². The third kappa shape index (κ3) is 7.05. The number of piperidine rings is 2. The highest BCUT2D eigenvalue weighted by molar-refractivity contribution is 5.92. The van der Waals surface area contributed by atoms with Crippen LogP contribution in [0.5, 0.6) is 0 Å². The maximum atomic E-state index is 14.3. The van der Waals surface area contributed by atoms with Crippen LogP contribution in [0.2, 0.25) is 0 Å². The van der Waals surface area contributed by atoms with Crippen molar-refractivity contribution < 1.29 is 33.8 Å². The van der Waals surface area contributed by atoms with Crippen LogP contribution in [0, 0.1) is 23.7 Å². The molecule has 10 rings (SSSR count). The summed E-state index contributed by atoms with van der Waals surface area (Å²) in [5.41, 5.74) is 5.65. The molecule has 0 spiro atoms. The molecular weight excluding hydrogens is 777 g/mol. The molecule has 3 saturated heterocycles. The van der Waals surface area contributed by atoms with Crippen molar-refractivity contribution in [2.75, 3.05) is 27.4 Å². The molecule has 0 radical (unpaired) electrons. The van der Waals surface area contributed by atoms with E-state index in [0.717, 1.165) is 86.4 Å². The van der Waals surface area contributed by atoms with Crippen LogP contribution in [-0.2, 0) is 19.1 Å². The minimum Gasteiger partial charge on any atom is -0.465 e. The second-order valence-electron chi connectivity index (χ2n) is 18.1. The van der Waals surface area contributed by atoms with E-state index in [0.29, 0.717) is 37.9 Å². The number of benzene rings is 3. The predicted molar refractivity (Wildman–Crippen MR) is 226 cm³/mol. The topological polar surface area (TPSA) is 186 Å². The number of alkyl carbamates (subject to hydrolysis) is 1. The van der Waals surface area contributed by atoms with E-state index < -0.39 is 24.3 Å². The van der Waals surface area contributed by atoms with Gasteiger partial charge in [-0.1, -0.05) is 44.2 Å². The van der Waals surface area contributed by atoms with Crippen LogP contribution in [0.1, 0.15) is 76.1 Å². The zero-order valence-corrected chi connectivity index (χ0v) is 34.8. The molecule has 4 N–H and O–H groups in total. The van der Waals surface area contributed by atoms with Crippen molar-refractivity contribution in [1.82, 2.24) is 40.0 Å². The van der Waals surface area contributed by atoms with Crippen molar-refractivity contribution in [3.63, 3.8) is 0 Å². The van der Waals surface area contributed by atoms with Gasteiger partial charge in [-0.2, -0.15) is 0 Å². The van der Waals surface area contributed by atoms with E-state index in [4.69, 9.17) is 19.4 Å². The van der Waals surface area contributed by atoms with E-state index in [1.165, 1.54) is 14.2 Å². The van der Waals surface area contributed by atoms with Crippen LogP contribution in [-0.4, -0.2) is 115 Å². The number of likely N-dealkylation sites (N-methyl/N-ethyl adjacent to an activating group) is 1. The summed E-state index contributed by atoms with van der Waals surface area (Å²) >= 11 is 0. The van der Waals surface area contributed by atoms with E-state index in [1.54, 1.807) is 0 Å². The Kier molecular flexibility index (Phi) is 9.76. The van der Waals surface area contributed by atoms with Crippen LogP contribution in [0.4, 0.5) is 9.59 Å². The normalized spacial score (nSPS) is 25.3. The van der Waals surface area contributed by atoms with Gasteiger partial charge in [-0.25, -0.2) is 19.6 Å². The number of aromatic amines is 2. The maximum absolute atomic E-state index is 14.3. The number of rotatable bonds is 10. The van der Waals surface area contributed by atoms with Crippen LogP contribution in [0.3, 0.4) is 0 Å². The quantitative estimate of drug-likeness (QED) is 0.116. The number of methoxy groups -OCH3 is 1. The average Bonchev–Trinajstić information content (AvgIpc) is 3.88. The minimum absolute atomic E-state index is 0.0260. The summed E-state index contributed by atoms with van der Waals surface area (Å²) in [5.74, 6) is 1.89. The Hall–Kier alpha value is -5.96. The SMILES string of the molecule is COC(=O)N[C@H](C(=O)N1[C@@H]2C[C@@H]2C[C@H]1c1ncc(-c2ccc3cc(-c4ccc5nc([C@@H]6C[C@H]7C[C@H]7N6C(=O)[C@H](C(C)C)N(C)C(=O)O)[nH]c5c4)ccc3c2)[nH]1)C1CCOCC1. The van der Waals surface area contributed by atoms with Gasteiger partial charge < -0.3 is 39.7 Å². The highest BCUT2D eigenvalue weighted by Gasteiger charge is 2.58. The summed E-state index contributed by atoms with van der Waals surface area (Å²) in [5, 5.41) is 14.7. The number of fused-ring (bicyclic) bond motifs is 4. The minimum atomic E-state index is -1.11. The summed E-state index contributed by atoms with van der Waals surface area (Å²) in [6.07, 6.45) is 5.07. The molecule has 5 aliphatic rings. The van der Waals surface area contributed by atoms with Crippen molar-refractivity contribution >= 4 is 45.8 Å². The molecule has 5 fully saturated rings. The molecule has 15 heteroatoms. The fraction of sp³-hybridized carbons (Fsp3) is 0.478. The number of carbonyl (C=O) groups is 4. The van der Waals surface area contributed by atoms with Gasteiger partial charge in [0, 0.05) is 37.9 Å². The summed E-state index contributed by atoms with van der Waals surface area (Å²) < 4.78 is 10.5. The van der Waals surface area contributed by atoms with Crippen LogP contribution in [0.25, 0.3) is 44.2 Å². The Morgan fingerprint density at radius 3 is 2.13 bits per heavy atom. The molecule has 4 amide bonds. The van der Waals surface area contributed by atoms with Crippen molar-refractivity contribution in [2.45, 2.75) is 88.6 Å². The lowest BCUT2D eigenvalue weighted by Gasteiger charge is -2.35. The third-order valence-corrected chi connectivity index (χ3v) is 14.0. The molecule has 3 aliphatic heterocycles. The summed E-state index contributed by atoms with van der Waals surface area (Å²) in [6.45, 7) is 4.90. The first kappa shape index (κ1) is 39.2. The molecule has 3 aromatic carbocycles. The Morgan fingerprint density at radius 2 is 1.46 bits per heavy atom. The van der Waals surface area contributed by atoms with E-state index in [9.17, 15) is 24.3 Å². The number of ether oxygens (including phenoxy) is 2. The lowest BCUT2D eigenvalue weighted by Crippen LogP contribution is -2.54. The van der Waals surface area contributed by atoms with Crippen LogP contribution >= 0.6 is 0 Å². The Bertz CT molecular complexity index is 2540. The highest BCUT2D eigenvalue weighted by Crippen LogP contribution is 2.55.